The zero-order valence-corrected chi connectivity index (χ0v) is 10.8. The van der Waals surface area contributed by atoms with Gasteiger partial charge in [-0.2, -0.15) is 0 Å². The number of aromatic amines is 1. The van der Waals surface area contributed by atoms with Gasteiger partial charge >= 0.3 is 0 Å². The number of hydrogen-bond acceptors (Lipinski definition) is 0. The molecular formula is C12H14IN. The van der Waals surface area contributed by atoms with E-state index in [0.717, 1.165) is 0 Å². The number of H-pyrrole nitrogens is 1. The van der Waals surface area contributed by atoms with Gasteiger partial charge in [0.25, 0.3) is 0 Å². The van der Waals surface area contributed by atoms with Crippen LogP contribution in [0, 0.1) is 10.5 Å². The Kier molecular flexibility index (Phi) is 2.56. The molecule has 1 N–H and O–H groups in total. The highest BCUT2D eigenvalue weighted by Gasteiger charge is 2.09. The molecule has 1 aromatic heterocycles. The Bertz CT molecular complexity index is 468. The van der Waals surface area contributed by atoms with E-state index in [1.165, 1.54) is 25.7 Å². The standard InChI is InChI=1S/C12H14IN/c1-7(2)9-4-5-11-10(12(9)13)6-8(3)14-11/h4-7,14H,1-3H3. The minimum absolute atomic E-state index is 0.599. The van der Waals surface area contributed by atoms with Crippen LogP contribution in [0.3, 0.4) is 0 Å². The van der Waals surface area contributed by atoms with Crippen molar-refractivity contribution in [2.45, 2.75) is 26.7 Å². The molecule has 0 aliphatic carbocycles. The quantitative estimate of drug-likeness (QED) is 0.759. The lowest BCUT2D eigenvalue weighted by atomic mass is 10.0. The van der Waals surface area contributed by atoms with Crippen LogP contribution >= 0.6 is 22.6 Å². The molecule has 1 aromatic carbocycles. The van der Waals surface area contributed by atoms with E-state index in [9.17, 15) is 0 Å². The maximum atomic E-state index is 3.36. The Morgan fingerprint density at radius 1 is 1.29 bits per heavy atom. The third-order valence-electron chi connectivity index (χ3n) is 2.52. The van der Waals surface area contributed by atoms with Crippen molar-refractivity contribution in [2.24, 2.45) is 0 Å². The highest BCUT2D eigenvalue weighted by molar-refractivity contribution is 14.1. The van der Waals surface area contributed by atoms with Crippen molar-refractivity contribution in [3.63, 3.8) is 0 Å². The number of aromatic nitrogens is 1. The van der Waals surface area contributed by atoms with Gasteiger partial charge in [-0.3, -0.25) is 0 Å². The first-order valence-electron chi connectivity index (χ1n) is 4.87. The van der Waals surface area contributed by atoms with Gasteiger partial charge in [0.05, 0.1) is 0 Å². The molecule has 2 rings (SSSR count). The zero-order valence-electron chi connectivity index (χ0n) is 8.69. The number of fused-ring (bicyclic) bond motifs is 1. The van der Waals surface area contributed by atoms with Crippen LogP contribution in [0.4, 0.5) is 0 Å². The number of halogens is 1. The summed E-state index contributed by atoms with van der Waals surface area (Å²) in [7, 11) is 0. The molecule has 0 amide bonds. The van der Waals surface area contributed by atoms with Crippen LogP contribution in [0.1, 0.15) is 31.0 Å². The largest absolute Gasteiger partial charge is 0.359 e. The number of nitrogens with one attached hydrogen (secondary N) is 1. The van der Waals surface area contributed by atoms with Gasteiger partial charge in [-0.25, -0.2) is 0 Å². The summed E-state index contributed by atoms with van der Waals surface area (Å²) < 4.78 is 1.39. The molecule has 0 aliphatic heterocycles. The van der Waals surface area contributed by atoms with Crippen LogP contribution in [-0.2, 0) is 0 Å². The summed E-state index contributed by atoms with van der Waals surface area (Å²) in [5.41, 5.74) is 3.92. The SMILES string of the molecule is Cc1cc2c(I)c(C(C)C)ccc2[nH]1. The monoisotopic (exact) mass is 299 g/mol. The second-order valence-electron chi connectivity index (χ2n) is 4.04. The van der Waals surface area contributed by atoms with E-state index in [4.69, 9.17) is 0 Å². The van der Waals surface area contributed by atoms with E-state index in [1.807, 2.05) is 0 Å². The summed E-state index contributed by atoms with van der Waals surface area (Å²) in [6.07, 6.45) is 0. The fourth-order valence-corrected chi connectivity index (χ4v) is 3.02. The number of rotatable bonds is 1. The minimum atomic E-state index is 0.599. The van der Waals surface area contributed by atoms with E-state index in [1.54, 1.807) is 0 Å². The van der Waals surface area contributed by atoms with Crippen LogP contribution in [0.2, 0.25) is 0 Å². The van der Waals surface area contributed by atoms with Gasteiger partial charge in [-0.15, -0.1) is 0 Å². The summed E-state index contributed by atoms with van der Waals surface area (Å²) in [5, 5.41) is 1.36. The molecule has 0 aliphatic rings. The average molecular weight is 299 g/mol. The highest BCUT2D eigenvalue weighted by atomic mass is 127. The molecule has 2 aromatic rings. The van der Waals surface area contributed by atoms with Crippen molar-refractivity contribution in [3.05, 3.63) is 33.0 Å². The van der Waals surface area contributed by atoms with Gasteiger partial charge in [0.1, 0.15) is 0 Å². The van der Waals surface area contributed by atoms with Crippen LogP contribution in [0.25, 0.3) is 10.9 Å². The lowest BCUT2D eigenvalue weighted by Gasteiger charge is -2.08. The Labute approximate surface area is 98.0 Å². The maximum absolute atomic E-state index is 3.36. The molecule has 0 saturated heterocycles. The predicted molar refractivity (Wildman–Crippen MR) is 69.8 cm³/mol. The molecule has 1 nitrogen and oxygen atoms in total. The highest BCUT2D eigenvalue weighted by Crippen LogP contribution is 2.29. The summed E-state index contributed by atoms with van der Waals surface area (Å²) in [6, 6.07) is 6.63. The molecule has 1 heterocycles. The molecule has 14 heavy (non-hydrogen) atoms. The van der Waals surface area contributed by atoms with Crippen LogP contribution in [-0.4, -0.2) is 4.98 Å². The van der Waals surface area contributed by atoms with Crippen LogP contribution in [0.5, 0.6) is 0 Å². The molecule has 0 fully saturated rings. The fraction of sp³-hybridized carbons (Fsp3) is 0.333. The van der Waals surface area contributed by atoms with Crippen molar-refractivity contribution in [2.75, 3.05) is 0 Å². The first-order valence-corrected chi connectivity index (χ1v) is 5.95. The summed E-state index contributed by atoms with van der Waals surface area (Å²) in [5.74, 6) is 0.599. The Balaban J connectivity index is 2.74. The van der Waals surface area contributed by atoms with Gasteiger partial charge < -0.3 is 4.98 Å². The van der Waals surface area contributed by atoms with E-state index >= 15 is 0 Å². The number of benzene rings is 1. The zero-order chi connectivity index (χ0) is 10.3. The lowest BCUT2D eigenvalue weighted by molar-refractivity contribution is 0.863. The van der Waals surface area contributed by atoms with Gasteiger partial charge in [0.2, 0.25) is 0 Å². The van der Waals surface area contributed by atoms with E-state index in [0.29, 0.717) is 5.92 Å². The van der Waals surface area contributed by atoms with Crippen molar-refractivity contribution >= 4 is 33.5 Å². The van der Waals surface area contributed by atoms with Crippen molar-refractivity contribution in [1.82, 2.24) is 4.98 Å². The molecule has 0 saturated carbocycles. The Morgan fingerprint density at radius 2 is 2.00 bits per heavy atom. The van der Waals surface area contributed by atoms with Crippen molar-refractivity contribution < 1.29 is 0 Å². The van der Waals surface area contributed by atoms with Gasteiger partial charge in [-0.1, -0.05) is 19.9 Å². The third kappa shape index (κ3) is 1.56. The molecule has 0 bridgehead atoms. The molecule has 0 spiro atoms. The second-order valence-corrected chi connectivity index (χ2v) is 5.12. The molecule has 0 unspecified atom stereocenters. The Hall–Kier alpha value is -0.510. The lowest BCUT2D eigenvalue weighted by Crippen LogP contribution is -1.91. The second kappa shape index (κ2) is 3.57. The van der Waals surface area contributed by atoms with Gasteiger partial charge in [-0.05, 0) is 53.1 Å². The van der Waals surface area contributed by atoms with E-state index < -0.39 is 0 Å². The van der Waals surface area contributed by atoms with Crippen molar-refractivity contribution in [3.8, 4) is 0 Å². The van der Waals surface area contributed by atoms with Gasteiger partial charge in [0, 0.05) is 20.2 Å². The normalized spacial score (nSPS) is 11.5. The molecule has 2 heteroatoms. The van der Waals surface area contributed by atoms with Gasteiger partial charge in [0.15, 0.2) is 0 Å². The smallest absolute Gasteiger partial charge is 0.0466 e. The average Bonchev–Trinajstić information content (AvgIpc) is 2.46. The van der Waals surface area contributed by atoms with Crippen LogP contribution in [0.15, 0.2) is 18.2 Å². The predicted octanol–water partition coefficient (Wildman–Crippen LogP) is 4.20. The maximum Gasteiger partial charge on any atom is 0.0466 e. The van der Waals surface area contributed by atoms with E-state index in [2.05, 4.69) is 66.5 Å². The van der Waals surface area contributed by atoms with Crippen LogP contribution < -0.4 is 0 Å². The molecule has 0 radical (unpaired) electrons. The summed E-state index contributed by atoms with van der Waals surface area (Å²) in [6.45, 7) is 6.58. The topological polar surface area (TPSA) is 15.8 Å². The number of aryl methyl sites for hydroxylation is 1. The summed E-state index contributed by atoms with van der Waals surface area (Å²) >= 11 is 2.45. The molecule has 74 valence electrons. The fourth-order valence-electron chi connectivity index (χ4n) is 1.77. The van der Waals surface area contributed by atoms with Crippen molar-refractivity contribution in [1.29, 1.82) is 0 Å². The first kappa shape index (κ1) is 10.0. The van der Waals surface area contributed by atoms with E-state index in [-0.39, 0.29) is 0 Å². The molecule has 0 atom stereocenters. The molecular weight excluding hydrogens is 285 g/mol. The summed E-state index contributed by atoms with van der Waals surface area (Å²) in [4.78, 5) is 3.36. The third-order valence-corrected chi connectivity index (χ3v) is 3.73. The number of hydrogen-bond donors (Lipinski definition) is 1. The first-order chi connectivity index (χ1) is 6.59. The minimum Gasteiger partial charge on any atom is -0.359 e. The Morgan fingerprint density at radius 3 is 2.64 bits per heavy atom.